The van der Waals surface area contributed by atoms with E-state index in [2.05, 4.69) is 15.6 Å². The van der Waals surface area contributed by atoms with Crippen molar-refractivity contribution in [2.75, 3.05) is 10.6 Å². The number of nitrogens with one attached hydrogen (secondary N) is 2. The molecule has 3 aromatic carbocycles. The number of amides is 2. The van der Waals surface area contributed by atoms with E-state index in [1.165, 1.54) is 11.3 Å². The number of nitrogens with zero attached hydrogens (tertiary/aromatic N) is 1. The maximum atomic E-state index is 13.6. The first-order chi connectivity index (χ1) is 13.5. The molecule has 4 nitrogen and oxygen atoms in total. The van der Waals surface area contributed by atoms with Crippen LogP contribution in [0.3, 0.4) is 0 Å². The van der Waals surface area contributed by atoms with E-state index in [0.29, 0.717) is 10.7 Å². The number of thiazole rings is 1. The molecule has 0 aliphatic carbocycles. The SMILES string of the molecule is O=C(Nc1ccc(-c2nc3ccccc3s2)c(Cl)c1)Nc1cc(F)ccc1F. The quantitative estimate of drug-likeness (QED) is 0.399. The Morgan fingerprint density at radius 3 is 2.61 bits per heavy atom. The van der Waals surface area contributed by atoms with Gasteiger partial charge in [0.1, 0.15) is 16.6 Å². The molecule has 4 rings (SSSR count). The van der Waals surface area contributed by atoms with Gasteiger partial charge in [0, 0.05) is 17.3 Å². The highest BCUT2D eigenvalue weighted by molar-refractivity contribution is 7.21. The van der Waals surface area contributed by atoms with E-state index in [9.17, 15) is 13.6 Å². The molecule has 2 N–H and O–H groups in total. The number of urea groups is 1. The number of para-hydroxylation sites is 1. The minimum absolute atomic E-state index is 0.255. The van der Waals surface area contributed by atoms with Gasteiger partial charge in [0.15, 0.2) is 0 Å². The van der Waals surface area contributed by atoms with Gasteiger partial charge >= 0.3 is 6.03 Å². The molecular formula is C20H12ClF2N3OS. The second-order valence-corrected chi connectivity index (χ2v) is 7.32. The Balaban J connectivity index is 1.52. The number of hydrogen-bond donors (Lipinski definition) is 2. The van der Waals surface area contributed by atoms with Gasteiger partial charge < -0.3 is 10.6 Å². The Kier molecular flexibility index (Phi) is 4.93. The molecule has 0 aliphatic heterocycles. The van der Waals surface area contributed by atoms with Crippen molar-refractivity contribution in [2.45, 2.75) is 0 Å². The zero-order chi connectivity index (χ0) is 19.7. The summed E-state index contributed by atoms with van der Waals surface area (Å²) in [5, 5.41) is 5.99. The van der Waals surface area contributed by atoms with Crippen LogP contribution in [0.15, 0.2) is 60.7 Å². The Hall–Kier alpha value is -3.03. The first-order valence-electron chi connectivity index (χ1n) is 8.18. The summed E-state index contributed by atoms with van der Waals surface area (Å²) >= 11 is 7.88. The smallest absolute Gasteiger partial charge is 0.308 e. The van der Waals surface area contributed by atoms with Crippen molar-refractivity contribution < 1.29 is 13.6 Å². The highest BCUT2D eigenvalue weighted by Gasteiger charge is 2.12. The van der Waals surface area contributed by atoms with Gasteiger partial charge in [-0.2, -0.15) is 0 Å². The summed E-state index contributed by atoms with van der Waals surface area (Å²) in [6, 6.07) is 14.8. The highest BCUT2D eigenvalue weighted by Crippen LogP contribution is 2.35. The average Bonchev–Trinajstić information content (AvgIpc) is 3.08. The minimum atomic E-state index is -0.735. The van der Waals surface area contributed by atoms with Crippen LogP contribution in [0.4, 0.5) is 25.0 Å². The Morgan fingerprint density at radius 2 is 1.82 bits per heavy atom. The summed E-state index contributed by atoms with van der Waals surface area (Å²) < 4.78 is 27.9. The first kappa shape index (κ1) is 18.3. The number of benzene rings is 3. The van der Waals surface area contributed by atoms with Crippen molar-refractivity contribution in [3.63, 3.8) is 0 Å². The minimum Gasteiger partial charge on any atom is -0.308 e. The largest absolute Gasteiger partial charge is 0.323 e. The number of carbonyl (C=O) groups excluding carboxylic acids is 1. The average molecular weight is 416 g/mol. The van der Waals surface area contributed by atoms with Crippen molar-refractivity contribution >= 4 is 50.6 Å². The molecule has 2 amide bonds. The first-order valence-corrected chi connectivity index (χ1v) is 9.37. The molecule has 0 bridgehead atoms. The molecule has 28 heavy (non-hydrogen) atoms. The summed E-state index contributed by atoms with van der Waals surface area (Å²) in [5.41, 5.74) is 1.78. The van der Waals surface area contributed by atoms with Crippen LogP contribution in [0, 0.1) is 11.6 Å². The molecule has 0 spiro atoms. The predicted molar refractivity (Wildman–Crippen MR) is 109 cm³/mol. The van der Waals surface area contributed by atoms with E-state index in [4.69, 9.17) is 11.6 Å². The van der Waals surface area contributed by atoms with Gasteiger partial charge in [-0.1, -0.05) is 23.7 Å². The molecule has 8 heteroatoms. The third kappa shape index (κ3) is 3.81. The van der Waals surface area contributed by atoms with Crippen molar-refractivity contribution in [3.05, 3.63) is 77.3 Å². The number of rotatable bonds is 3. The maximum Gasteiger partial charge on any atom is 0.323 e. The maximum absolute atomic E-state index is 13.6. The fraction of sp³-hybridized carbons (Fsp3) is 0. The standard InChI is InChI=1S/C20H12ClF2N3OS/c21-14-10-12(24-20(27)26-17-9-11(22)5-8-15(17)23)6-7-13(14)19-25-16-3-1-2-4-18(16)28-19/h1-10H,(H2,24,26,27). The fourth-order valence-corrected chi connectivity index (χ4v) is 3.96. The number of anilines is 2. The van der Waals surface area contributed by atoms with Crippen LogP contribution in [0.5, 0.6) is 0 Å². The van der Waals surface area contributed by atoms with Crippen molar-refractivity contribution in [2.24, 2.45) is 0 Å². The van der Waals surface area contributed by atoms with Crippen LogP contribution in [0.2, 0.25) is 5.02 Å². The molecule has 4 aromatic rings. The Labute approximate surface area is 167 Å². The highest BCUT2D eigenvalue weighted by atomic mass is 35.5. The molecule has 0 unspecified atom stereocenters. The van der Waals surface area contributed by atoms with E-state index >= 15 is 0 Å². The van der Waals surface area contributed by atoms with Gasteiger partial charge in [-0.25, -0.2) is 18.6 Å². The van der Waals surface area contributed by atoms with Crippen LogP contribution in [0.1, 0.15) is 0 Å². The van der Waals surface area contributed by atoms with Crippen molar-refractivity contribution in [1.82, 2.24) is 4.98 Å². The van der Waals surface area contributed by atoms with Crippen molar-refractivity contribution in [3.8, 4) is 10.6 Å². The van der Waals surface area contributed by atoms with Gasteiger partial charge in [-0.05, 0) is 42.5 Å². The van der Waals surface area contributed by atoms with E-state index in [-0.39, 0.29) is 5.69 Å². The number of halogens is 3. The van der Waals surface area contributed by atoms with Gasteiger partial charge in [0.05, 0.1) is 20.9 Å². The van der Waals surface area contributed by atoms with E-state index in [1.54, 1.807) is 18.2 Å². The van der Waals surface area contributed by atoms with Gasteiger partial charge in [-0.15, -0.1) is 11.3 Å². The molecule has 1 aromatic heterocycles. The summed E-state index contributed by atoms with van der Waals surface area (Å²) in [6.45, 7) is 0. The number of hydrogen-bond acceptors (Lipinski definition) is 3. The summed E-state index contributed by atoms with van der Waals surface area (Å²) in [5.74, 6) is -1.39. The molecule has 0 fully saturated rings. The topological polar surface area (TPSA) is 54.0 Å². The monoisotopic (exact) mass is 415 g/mol. The van der Waals surface area contributed by atoms with Crippen LogP contribution < -0.4 is 10.6 Å². The second kappa shape index (κ2) is 7.53. The lowest BCUT2D eigenvalue weighted by molar-refractivity contribution is 0.262. The molecule has 0 radical (unpaired) electrons. The molecule has 1 heterocycles. The Morgan fingerprint density at radius 1 is 1.00 bits per heavy atom. The molecule has 0 saturated heterocycles. The van der Waals surface area contributed by atoms with Gasteiger partial charge in [-0.3, -0.25) is 0 Å². The van der Waals surface area contributed by atoms with Crippen LogP contribution in [-0.2, 0) is 0 Å². The molecule has 140 valence electrons. The zero-order valence-electron chi connectivity index (χ0n) is 14.2. The lowest BCUT2D eigenvalue weighted by Gasteiger charge is -2.10. The number of carbonyl (C=O) groups is 1. The molecule has 0 atom stereocenters. The van der Waals surface area contributed by atoms with Gasteiger partial charge in [0.2, 0.25) is 0 Å². The molecular weight excluding hydrogens is 404 g/mol. The summed E-state index contributed by atoms with van der Waals surface area (Å²) in [6.07, 6.45) is 0. The Bertz CT molecular complexity index is 1160. The van der Waals surface area contributed by atoms with E-state index in [1.807, 2.05) is 24.3 Å². The van der Waals surface area contributed by atoms with Crippen LogP contribution in [0.25, 0.3) is 20.8 Å². The normalized spacial score (nSPS) is 10.8. The van der Waals surface area contributed by atoms with E-state index in [0.717, 1.165) is 39.0 Å². The fourth-order valence-electron chi connectivity index (χ4n) is 2.63. The third-order valence-electron chi connectivity index (χ3n) is 3.93. The lowest BCUT2D eigenvalue weighted by Crippen LogP contribution is -2.20. The van der Waals surface area contributed by atoms with Crippen molar-refractivity contribution in [1.29, 1.82) is 0 Å². The van der Waals surface area contributed by atoms with Gasteiger partial charge in [0.25, 0.3) is 0 Å². The van der Waals surface area contributed by atoms with Crippen LogP contribution >= 0.6 is 22.9 Å². The summed E-state index contributed by atoms with van der Waals surface area (Å²) in [4.78, 5) is 16.6. The number of fused-ring (bicyclic) bond motifs is 1. The van der Waals surface area contributed by atoms with E-state index < -0.39 is 17.7 Å². The molecule has 0 saturated carbocycles. The third-order valence-corrected chi connectivity index (χ3v) is 5.31. The molecule has 0 aliphatic rings. The lowest BCUT2D eigenvalue weighted by atomic mass is 10.2. The summed E-state index contributed by atoms with van der Waals surface area (Å²) in [7, 11) is 0. The number of aromatic nitrogens is 1. The zero-order valence-corrected chi connectivity index (χ0v) is 15.7. The van der Waals surface area contributed by atoms with Crippen LogP contribution in [-0.4, -0.2) is 11.0 Å². The predicted octanol–water partition coefficient (Wildman–Crippen LogP) is 6.54. The second-order valence-electron chi connectivity index (χ2n) is 5.88.